The average Bonchev–Trinajstić information content (AvgIpc) is 2.67. The average molecular weight is 358 g/mol. The molecular formula is C20H25FN3O2+. The number of amides is 1. The molecule has 1 atom stereocenters. The Morgan fingerprint density at radius 2 is 1.92 bits per heavy atom. The molecule has 6 heteroatoms. The maximum Gasteiger partial charge on any atom is 0.282 e. The van der Waals surface area contributed by atoms with Crippen LogP contribution >= 0.6 is 0 Å². The fourth-order valence-electron chi connectivity index (χ4n) is 3.36. The van der Waals surface area contributed by atoms with E-state index in [1.807, 2.05) is 25.1 Å². The minimum absolute atomic E-state index is 0.0867. The van der Waals surface area contributed by atoms with Gasteiger partial charge in [0.15, 0.2) is 6.04 Å². The molecule has 0 unspecified atom stereocenters. The molecule has 1 aliphatic rings. The van der Waals surface area contributed by atoms with Crippen molar-refractivity contribution in [2.24, 2.45) is 0 Å². The lowest BCUT2D eigenvalue weighted by molar-refractivity contribution is -0.914. The second-order valence-corrected chi connectivity index (χ2v) is 6.54. The highest BCUT2D eigenvalue weighted by Crippen LogP contribution is 2.27. The van der Waals surface area contributed by atoms with Crippen LogP contribution in [0.3, 0.4) is 0 Å². The van der Waals surface area contributed by atoms with Crippen molar-refractivity contribution < 1.29 is 18.8 Å². The van der Waals surface area contributed by atoms with E-state index in [-0.39, 0.29) is 17.8 Å². The molecule has 1 amide bonds. The number of para-hydroxylation sites is 2. The summed E-state index contributed by atoms with van der Waals surface area (Å²) >= 11 is 0. The lowest BCUT2D eigenvalue weighted by atomic mass is 10.2. The van der Waals surface area contributed by atoms with Crippen molar-refractivity contribution in [3.63, 3.8) is 0 Å². The maximum atomic E-state index is 13.3. The van der Waals surface area contributed by atoms with Crippen molar-refractivity contribution in [3.05, 3.63) is 54.3 Å². The number of hydrogen-bond acceptors (Lipinski definition) is 3. The molecule has 0 spiro atoms. The minimum Gasteiger partial charge on any atom is -0.495 e. The van der Waals surface area contributed by atoms with Crippen LogP contribution in [0, 0.1) is 5.82 Å². The van der Waals surface area contributed by atoms with Crippen LogP contribution in [-0.4, -0.2) is 45.2 Å². The molecule has 0 aromatic heterocycles. The van der Waals surface area contributed by atoms with Gasteiger partial charge in [0.2, 0.25) is 0 Å². The van der Waals surface area contributed by atoms with Crippen molar-refractivity contribution in [3.8, 4) is 5.75 Å². The molecule has 2 N–H and O–H groups in total. The van der Waals surface area contributed by atoms with E-state index in [4.69, 9.17) is 4.74 Å². The molecule has 26 heavy (non-hydrogen) atoms. The zero-order chi connectivity index (χ0) is 18.5. The Labute approximate surface area is 153 Å². The first kappa shape index (κ1) is 18.2. The summed E-state index contributed by atoms with van der Waals surface area (Å²) < 4.78 is 18.7. The van der Waals surface area contributed by atoms with Crippen LogP contribution in [0.25, 0.3) is 0 Å². The Morgan fingerprint density at radius 3 is 2.62 bits per heavy atom. The van der Waals surface area contributed by atoms with Gasteiger partial charge >= 0.3 is 0 Å². The van der Waals surface area contributed by atoms with Gasteiger partial charge in [-0.3, -0.25) is 4.79 Å². The Morgan fingerprint density at radius 1 is 1.19 bits per heavy atom. The number of halogens is 1. The summed E-state index contributed by atoms with van der Waals surface area (Å²) in [5.74, 6) is 0.428. The Balaban J connectivity index is 1.58. The summed E-state index contributed by atoms with van der Waals surface area (Å²) in [4.78, 5) is 16.0. The number of rotatable bonds is 5. The zero-order valence-corrected chi connectivity index (χ0v) is 15.2. The Kier molecular flexibility index (Phi) is 5.73. The van der Waals surface area contributed by atoms with Crippen molar-refractivity contribution in [2.75, 3.05) is 43.5 Å². The molecule has 0 radical (unpaired) electrons. The van der Waals surface area contributed by atoms with E-state index < -0.39 is 0 Å². The van der Waals surface area contributed by atoms with Crippen molar-refractivity contribution in [1.29, 1.82) is 0 Å². The van der Waals surface area contributed by atoms with E-state index in [1.54, 1.807) is 19.2 Å². The molecule has 5 nitrogen and oxygen atoms in total. The van der Waals surface area contributed by atoms with E-state index >= 15 is 0 Å². The maximum absolute atomic E-state index is 13.3. The van der Waals surface area contributed by atoms with E-state index in [2.05, 4.69) is 16.3 Å². The first-order valence-electron chi connectivity index (χ1n) is 8.87. The molecule has 3 rings (SSSR count). The highest BCUT2D eigenvalue weighted by molar-refractivity contribution is 5.93. The van der Waals surface area contributed by atoms with Gasteiger partial charge in [0.1, 0.15) is 11.6 Å². The number of quaternary nitrogens is 1. The molecule has 1 heterocycles. The number of benzene rings is 2. The second kappa shape index (κ2) is 8.19. The first-order chi connectivity index (χ1) is 12.6. The molecule has 2 aromatic rings. The topological polar surface area (TPSA) is 46.0 Å². The van der Waals surface area contributed by atoms with Gasteiger partial charge in [-0.05, 0) is 37.3 Å². The van der Waals surface area contributed by atoms with Gasteiger partial charge in [0.25, 0.3) is 5.91 Å². The number of piperazine rings is 1. The Hall–Kier alpha value is -2.60. The molecule has 1 fully saturated rings. The number of hydrogen-bond donors (Lipinski definition) is 2. The van der Waals surface area contributed by atoms with E-state index in [9.17, 15) is 9.18 Å². The van der Waals surface area contributed by atoms with Gasteiger partial charge in [-0.25, -0.2) is 4.39 Å². The molecule has 1 aliphatic heterocycles. The number of nitrogens with one attached hydrogen (secondary N) is 2. The molecule has 1 saturated heterocycles. The van der Waals surface area contributed by atoms with Gasteiger partial charge in [0, 0.05) is 5.69 Å². The van der Waals surface area contributed by atoms with Gasteiger partial charge in [-0.15, -0.1) is 0 Å². The largest absolute Gasteiger partial charge is 0.495 e. The van der Waals surface area contributed by atoms with Gasteiger partial charge in [0.05, 0.1) is 39.0 Å². The zero-order valence-electron chi connectivity index (χ0n) is 15.2. The van der Waals surface area contributed by atoms with Gasteiger partial charge < -0.3 is 19.9 Å². The quantitative estimate of drug-likeness (QED) is 0.853. The summed E-state index contributed by atoms with van der Waals surface area (Å²) in [7, 11) is 1.68. The van der Waals surface area contributed by atoms with Crippen LogP contribution in [0.1, 0.15) is 6.92 Å². The first-order valence-corrected chi connectivity index (χ1v) is 8.87. The molecule has 138 valence electrons. The molecule has 2 aromatic carbocycles. The number of methoxy groups -OCH3 is 1. The summed E-state index contributed by atoms with van der Waals surface area (Å²) in [6.07, 6.45) is 0. The van der Waals surface area contributed by atoms with E-state index in [1.165, 1.54) is 17.0 Å². The molecule has 0 aliphatic carbocycles. The number of anilines is 2. The summed E-state index contributed by atoms with van der Waals surface area (Å²) in [5.41, 5.74) is 1.58. The van der Waals surface area contributed by atoms with Gasteiger partial charge in [-0.2, -0.15) is 0 Å². The smallest absolute Gasteiger partial charge is 0.282 e. The van der Waals surface area contributed by atoms with Crippen molar-refractivity contribution in [2.45, 2.75) is 13.0 Å². The highest BCUT2D eigenvalue weighted by Gasteiger charge is 2.30. The predicted octanol–water partition coefficient (Wildman–Crippen LogP) is 1.57. The third-order valence-electron chi connectivity index (χ3n) is 4.93. The lowest BCUT2D eigenvalue weighted by Crippen LogP contribution is -3.19. The minimum atomic E-state index is -0.353. The lowest BCUT2D eigenvalue weighted by Gasteiger charge is -2.36. The van der Waals surface area contributed by atoms with E-state index in [0.29, 0.717) is 5.69 Å². The van der Waals surface area contributed by atoms with Crippen LogP contribution < -0.4 is 19.9 Å². The fourth-order valence-corrected chi connectivity index (χ4v) is 3.36. The van der Waals surface area contributed by atoms with Crippen LogP contribution in [0.4, 0.5) is 15.8 Å². The number of ether oxygens (including phenoxy) is 1. The third-order valence-corrected chi connectivity index (χ3v) is 4.93. The molecule has 0 bridgehead atoms. The highest BCUT2D eigenvalue weighted by atomic mass is 19.1. The van der Waals surface area contributed by atoms with Gasteiger partial charge in [-0.1, -0.05) is 18.2 Å². The van der Waals surface area contributed by atoms with Crippen LogP contribution in [0.2, 0.25) is 0 Å². The number of carbonyl (C=O) groups excluding carboxylic acids is 1. The van der Waals surface area contributed by atoms with E-state index in [0.717, 1.165) is 37.6 Å². The molecule has 0 saturated carbocycles. The standard InChI is InChI=1S/C20H24FN3O2/c1-15(20(25)22-17-7-5-6-16(21)14-17)23-10-12-24(13-11-23)18-8-3-4-9-19(18)26-2/h3-9,14-15H,10-13H2,1-2H3,(H,22,25)/p+1/t15-/m0/s1. The normalized spacial score (nSPS) is 16.2. The van der Waals surface area contributed by atoms with Crippen LogP contribution in [-0.2, 0) is 4.79 Å². The van der Waals surface area contributed by atoms with Crippen molar-refractivity contribution >= 4 is 17.3 Å². The third kappa shape index (κ3) is 4.14. The van der Waals surface area contributed by atoms with Crippen molar-refractivity contribution in [1.82, 2.24) is 0 Å². The van der Waals surface area contributed by atoms with Crippen LogP contribution in [0.5, 0.6) is 5.75 Å². The Bertz CT molecular complexity index is 760. The summed E-state index contributed by atoms with van der Waals surface area (Å²) in [5, 5.41) is 2.81. The number of nitrogens with zero attached hydrogens (tertiary/aromatic N) is 1. The summed E-state index contributed by atoms with van der Waals surface area (Å²) in [6.45, 7) is 5.34. The predicted molar refractivity (Wildman–Crippen MR) is 100 cm³/mol. The summed E-state index contributed by atoms with van der Waals surface area (Å²) in [6, 6.07) is 13.8. The number of carbonyl (C=O) groups is 1. The second-order valence-electron chi connectivity index (χ2n) is 6.54. The fraction of sp³-hybridized carbons (Fsp3) is 0.350. The SMILES string of the molecule is COc1ccccc1N1CC[NH+]([C@@H](C)C(=O)Nc2cccc(F)c2)CC1. The molecular weight excluding hydrogens is 333 g/mol. The van der Waals surface area contributed by atoms with Crippen LogP contribution in [0.15, 0.2) is 48.5 Å². The monoisotopic (exact) mass is 358 g/mol.